The topological polar surface area (TPSA) is 89.4 Å². The molecule has 5 rings (SSSR count). The van der Waals surface area contributed by atoms with E-state index in [4.69, 9.17) is 4.74 Å². The number of amides is 2. The van der Waals surface area contributed by atoms with Gasteiger partial charge in [-0.2, -0.15) is 0 Å². The van der Waals surface area contributed by atoms with Crippen molar-refractivity contribution < 1.29 is 14.3 Å². The molecule has 0 saturated carbocycles. The number of hydrogen-bond acceptors (Lipinski definition) is 5. The number of imidazole rings is 1. The van der Waals surface area contributed by atoms with Gasteiger partial charge in [-0.05, 0) is 24.1 Å². The molecule has 1 aromatic carbocycles. The van der Waals surface area contributed by atoms with E-state index in [0.29, 0.717) is 30.2 Å². The Kier molecular flexibility index (Phi) is 4.09. The van der Waals surface area contributed by atoms with E-state index in [-0.39, 0.29) is 11.8 Å². The summed E-state index contributed by atoms with van der Waals surface area (Å²) in [5.41, 5.74) is 1.28. The van der Waals surface area contributed by atoms with Crippen molar-refractivity contribution in [1.82, 2.24) is 19.4 Å². The molecule has 2 aliphatic rings. The summed E-state index contributed by atoms with van der Waals surface area (Å²) in [6.45, 7) is 0.433. The van der Waals surface area contributed by atoms with Crippen LogP contribution >= 0.6 is 0 Å². The van der Waals surface area contributed by atoms with Crippen LogP contribution in [0.2, 0.25) is 0 Å². The van der Waals surface area contributed by atoms with Gasteiger partial charge in [-0.1, -0.05) is 18.2 Å². The van der Waals surface area contributed by atoms with Crippen LogP contribution in [0.15, 0.2) is 55.0 Å². The Balaban J connectivity index is 1.66. The summed E-state index contributed by atoms with van der Waals surface area (Å²) in [7, 11) is 3.39. The van der Waals surface area contributed by atoms with Crippen molar-refractivity contribution in [1.29, 1.82) is 0 Å². The van der Waals surface area contributed by atoms with Gasteiger partial charge in [0.2, 0.25) is 11.8 Å². The molecule has 2 amide bonds. The number of rotatable bonds is 3. The van der Waals surface area contributed by atoms with Crippen molar-refractivity contribution in [2.45, 2.75) is 17.9 Å². The maximum absolute atomic E-state index is 13.6. The van der Waals surface area contributed by atoms with Crippen LogP contribution in [0.3, 0.4) is 0 Å². The minimum Gasteiger partial charge on any atom is -0.481 e. The molecule has 152 valence electrons. The van der Waals surface area contributed by atoms with Crippen molar-refractivity contribution in [2.75, 3.05) is 19.0 Å². The number of aryl methyl sites for hydroxylation is 1. The van der Waals surface area contributed by atoms with E-state index in [9.17, 15) is 9.59 Å². The quantitative estimate of drug-likeness (QED) is 0.725. The molecular formula is C22H21N5O3. The van der Waals surface area contributed by atoms with Gasteiger partial charge in [0.25, 0.3) is 5.91 Å². The summed E-state index contributed by atoms with van der Waals surface area (Å²) in [5.74, 6) is 0.762. The molecule has 30 heavy (non-hydrogen) atoms. The lowest BCUT2D eigenvalue weighted by molar-refractivity contribution is -0.121. The zero-order valence-electron chi connectivity index (χ0n) is 16.7. The number of aromatic nitrogens is 3. The van der Waals surface area contributed by atoms with Crippen LogP contribution in [-0.2, 0) is 17.3 Å². The van der Waals surface area contributed by atoms with Gasteiger partial charge in [0.05, 0.1) is 7.11 Å². The van der Waals surface area contributed by atoms with E-state index in [1.165, 1.54) is 7.11 Å². The van der Waals surface area contributed by atoms with Crippen molar-refractivity contribution in [3.63, 3.8) is 0 Å². The van der Waals surface area contributed by atoms with Crippen molar-refractivity contribution >= 4 is 17.5 Å². The number of hydrogen-bond donors (Lipinski definition) is 1. The lowest BCUT2D eigenvalue weighted by atomic mass is 9.74. The van der Waals surface area contributed by atoms with E-state index >= 15 is 0 Å². The number of nitrogens with one attached hydrogen (secondary N) is 1. The van der Waals surface area contributed by atoms with E-state index in [2.05, 4.69) is 15.3 Å². The zero-order chi connectivity index (χ0) is 20.9. The minimum absolute atomic E-state index is 0.0979. The van der Waals surface area contributed by atoms with Gasteiger partial charge in [-0.15, -0.1) is 0 Å². The molecule has 8 heteroatoms. The number of likely N-dealkylation sites (tertiary alicyclic amines) is 1. The summed E-state index contributed by atoms with van der Waals surface area (Å²) in [6, 6.07) is 10.4. The van der Waals surface area contributed by atoms with Gasteiger partial charge >= 0.3 is 0 Å². The Hall–Kier alpha value is -3.68. The van der Waals surface area contributed by atoms with Gasteiger partial charge in [-0.25, -0.2) is 9.97 Å². The highest BCUT2D eigenvalue weighted by Crippen LogP contribution is 2.54. The highest BCUT2D eigenvalue weighted by Gasteiger charge is 2.60. The lowest BCUT2D eigenvalue weighted by Gasteiger charge is -2.33. The Morgan fingerprint density at radius 3 is 2.83 bits per heavy atom. The third kappa shape index (κ3) is 2.46. The third-order valence-electron chi connectivity index (χ3n) is 6.14. The average molecular weight is 403 g/mol. The first-order chi connectivity index (χ1) is 14.6. The highest BCUT2D eigenvalue weighted by atomic mass is 16.5. The molecule has 1 saturated heterocycles. The largest absolute Gasteiger partial charge is 0.481 e. The molecule has 3 aromatic rings. The third-order valence-corrected chi connectivity index (χ3v) is 6.14. The first-order valence-electron chi connectivity index (χ1n) is 9.75. The summed E-state index contributed by atoms with van der Waals surface area (Å²) in [6.07, 6.45) is 5.59. The monoisotopic (exact) mass is 403 g/mol. The van der Waals surface area contributed by atoms with Crippen LogP contribution in [0.5, 0.6) is 5.88 Å². The number of benzene rings is 1. The molecule has 0 bridgehead atoms. The number of nitrogens with zero attached hydrogens (tertiary/aromatic N) is 4. The van der Waals surface area contributed by atoms with E-state index in [1.54, 1.807) is 29.4 Å². The molecule has 8 nitrogen and oxygen atoms in total. The normalized spacial score (nSPS) is 22.3. The van der Waals surface area contributed by atoms with Gasteiger partial charge in [-0.3, -0.25) is 9.59 Å². The number of methoxy groups -OCH3 is 1. The Bertz CT molecular complexity index is 1160. The first-order valence-corrected chi connectivity index (χ1v) is 9.75. The van der Waals surface area contributed by atoms with Gasteiger partial charge in [0.15, 0.2) is 0 Å². The summed E-state index contributed by atoms with van der Waals surface area (Å²) < 4.78 is 7.05. The second-order valence-corrected chi connectivity index (χ2v) is 7.61. The highest BCUT2D eigenvalue weighted by molar-refractivity contribution is 6.08. The minimum atomic E-state index is -0.886. The van der Waals surface area contributed by atoms with Gasteiger partial charge in [0.1, 0.15) is 17.3 Å². The summed E-state index contributed by atoms with van der Waals surface area (Å²) in [5, 5.41) is 3.02. The average Bonchev–Trinajstić information content (AvgIpc) is 3.44. The number of pyridine rings is 1. The first kappa shape index (κ1) is 18.4. The molecule has 1 fully saturated rings. The molecule has 0 radical (unpaired) electrons. The number of para-hydroxylation sites is 1. The van der Waals surface area contributed by atoms with Gasteiger partial charge in [0, 0.05) is 49.5 Å². The number of ether oxygens (including phenoxy) is 1. The maximum Gasteiger partial charge on any atom is 0.254 e. The Morgan fingerprint density at radius 2 is 2.07 bits per heavy atom. The fraction of sp³-hybridized carbons (Fsp3) is 0.273. The molecular weight excluding hydrogens is 382 g/mol. The zero-order valence-corrected chi connectivity index (χ0v) is 16.7. The molecule has 0 unspecified atom stereocenters. The second kappa shape index (κ2) is 6.69. The van der Waals surface area contributed by atoms with E-state index < -0.39 is 11.5 Å². The fourth-order valence-electron chi connectivity index (χ4n) is 4.72. The van der Waals surface area contributed by atoms with Crippen molar-refractivity contribution in [2.24, 2.45) is 7.05 Å². The predicted octanol–water partition coefficient (Wildman–Crippen LogP) is 2.30. The fourth-order valence-corrected chi connectivity index (χ4v) is 4.72. The Morgan fingerprint density at radius 1 is 1.23 bits per heavy atom. The summed E-state index contributed by atoms with van der Waals surface area (Å²) >= 11 is 0. The van der Waals surface area contributed by atoms with Crippen LogP contribution in [0, 0.1) is 0 Å². The van der Waals surface area contributed by atoms with Crippen molar-refractivity contribution in [3.05, 3.63) is 71.9 Å². The molecule has 2 atom stereocenters. The van der Waals surface area contributed by atoms with Crippen LogP contribution in [0.4, 0.5) is 5.69 Å². The molecule has 1 N–H and O–H groups in total. The van der Waals surface area contributed by atoms with Crippen LogP contribution in [0.25, 0.3) is 0 Å². The van der Waals surface area contributed by atoms with E-state index in [1.807, 2.05) is 42.1 Å². The predicted molar refractivity (Wildman–Crippen MR) is 109 cm³/mol. The van der Waals surface area contributed by atoms with Crippen molar-refractivity contribution in [3.8, 4) is 5.88 Å². The number of fused-ring (bicyclic) bond motifs is 2. The van der Waals surface area contributed by atoms with E-state index in [0.717, 1.165) is 11.3 Å². The lowest BCUT2D eigenvalue weighted by Crippen LogP contribution is -2.43. The smallest absolute Gasteiger partial charge is 0.254 e. The second-order valence-electron chi connectivity index (χ2n) is 7.61. The maximum atomic E-state index is 13.6. The number of carbonyl (C=O) groups is 2. The number of anilines is 1. The summed E-state index contributed by atoms with van der Waals surface area (Å²) in [4.78, 5) is 37.3. The standard InChI is InChI=1S/C22H21N5O3/c1-26-12-10-24-19(26)18-22(15-5-3-4-6-16(15)25-21(22)29)8-11-27(18)20(28)14-7-9-23-17(13-14)30-2/h3-7,9-10,12-13,18H,8,11H2,1-2H3,(H,25,29)/t18-,22+/m0/s1. The van der Waals surface area contributed by atoms with Gasteiger partial charge < -0.3 is 19.5 Å². The molecule has 2 aromatic heterocycles. The molecule has 2 aliphatic heterocycles. The van der Waals surface area contributed by atoms with Crippen LogP contribution in [0.1, 0.15) is 34.2 Å². The van der Waals surface area contributed by atoms with Crippen LogP contribution < -0.4 is 10.1 Å². The SMILES string of the molecule is COc1cc(C(=O)N2CC[C@]3(C(=O)Nc4ccccc43)[C@@H]2c2nccn2C)ccn1. The molecule has 4 heterocycles. The molecule has 1 spiro atoms. The molecule has 0 aliphatic carbocycles. The Labute approximate surface area is 173 Å². The van der Waals surface area contributed by atoms with Crippen LogP contribution in [-0.4, -0.2) is 44.9 Å². The number of carbonyl (C=O) groups excluding carboxylic acids is 2.